The number of thiazole rings is 1. The number of fused-ring (bicyclic) bond motifs is 9. The van der Waals surface area contributed by atoms with Gasteiger partial charge in [0.25, 0.3) is 0 Å². The molecule has 5 nitrogen and oxygen atoms in total. The van der Waals surface area contributed by atoms with E-state index in [1.165, 1.54) is 29.5 Å². The summed E-state index contributed by atoms with van der Waals surface area (Å²) in [7, 11) is 0. The van der Waals surface area contributed by atoms with Gasteiger partial charge in [0.1, 0.15) is 0 Å². The number of anilines is 1. The highest BCUT2D eigenvalue weighted by atomic mass is 32.2. The zero-order valence-corrected chi connectivity index (χ0v) is 20.2. The van der Waals surface area contributed by atoms with E-state index in [-0.39, 0.29) is 39.5 Å². The summed E-state index contributed by atoms with van der Waals surface area (Å²) in [5.41, 5.74) is -0.315. The largest absolute Gasteiger partial charge is 0.418 e. The number of thioether (sulfide) groups is 1. The van der Waals surface area contributed by atoms with E-state index in [0.29, 0.717) is 6.42 Å². The lowest BCUT2D eigenvalue weighted by Gasteiger charge is -2.43. The van der Waals surface area contributed by atoms with Crippen molar-refractivity contribution < 1.29 is 22.8 Å². The highest BCUT2D eigenvalue weighted by molar-refractivity contribution is 8.00. The number of benzene rings is 2. The lowest BCUT2D eigenvalue weighted by Crippen LogP contribution is -2.42. The van der Waals surface area contributed by atoms with Crippen molar-refractivity contribution in [2.75, 3.05) is 4.90 Å². The van der Waals surface area contributed by atoms with Crippen LogP contribution >= 0.6 is 23.1 Å². The van der Waals surface area contributed by atoms with Crippen molar-refractivity contribution in [3.05, 3.63) is 80.3 Å². The summed E-state index contributed by atoms with van der Waals surface area (Å²) in [6.07, 6.45) is -4.00. The molecule has 3 aromatic rings. The number of aromatic nitrogens is 1. The van der Waals surface area contributed by atoms with Crippen LogP contribution in [0, 0.1) is 29.6 Å². The number of para-hydroxylation sites is 1. The SMILES string of the molecule is O=C1[C@H]2[C@H]3C[C@@H]([C@@H]2C(=O)N1c1ccccc1C(F)(F)F)[C@H]1[C@H](c2ccccc2)c2sc(=O)[nH]c2S[C@H]31. The predicted molar refractivity (Wildman–Crippen MR) is 129 cm³/mol. The number of H-pyrrole nitrogens is 1. The van der Waals surface area contributed by atoms with Crippen LogP contribution in [-0.4, -0.2) is 22.0 Å². The molecule has 184 valence electrons. The molecule has 2 bridgehead atoms. The van der Waals surface area contributed by atoms with Gasteiger partial charge in [-0.05, 0) is 41.9 Å². The third kappa shape index (κ3) is 2.94. The maximum Gasteiger partial charge on any atom is 0.418 e. The molecule has 1 N–H and O–H groups in total. The van der Waals surface area contributed by atoms with E-state index in [0.717, 1.165) is 26.4 Å². The maximum atomic E-state index is 13.8. The number of halogens is 3. The monoisotopic (exact) mass is 528 g/mol. The van der Waals surface area contributed by atoms with Crippen molar-refractivity contribution in [2.45, 2.75) is 28.8 Å². The zero-order chi connectivity index (χ0) is 24.9. The molecule has 10 heteroatoms. The van der Waals surface area contributed by atoms with Crippen LogP contribution in [0.4, 0.5) is 18.9 Å². The van der Waals surface area contributed by atoms with Gasteiger partial charge in [-0.15, -0.1) is 11.8 Å². The normalized spacial score (nSPS) is 32.5. The maximum absolute atomic E-state index is 13.8. The molecule has 0 unspecified atom stereocenters. The van der Waals surface area contributed by atoms with Gasteiger partial charge in [0.2, 0.25) is 11.8 Å². The Labute approximate surface area is 211 Å². The van der Waals surface area contributed by atoms with E-state index in [1.807, 2.05) is 30.3 Å². The van der Waals surface area contributed by atoms with Gasteiger partial charge in [0.15, 0.2) is 0 Å². The third-order valence-corrected chi connectivity index (χ3v) is 10.9. The number of nitrogens with zero attached hydrogens (tertiary/aromatic N) is 1. The number of amides is 2. The average Bonchev–Trinajstić information content (AvgIpc) is 3.58. The van der Waals surface area contributed by atoms with Crippen molar-refractivity contribution in [3.63, 3.8) is 0 Å². The van der Waals surface area contributed by atoms with Crippen molar-refractivity contribution >= 4 is 40.6 Å². The van der Waals surface area contributed by atoms with E-state index in [9.17, 15) is 27.6 Å². The van der Waals surface area contributed by atoms with Crippen molar-refractivity contribution in [2.24, 2.45) is 29.6 Å². The Morgan fingerprint density at radius 1 is 0.889 bits per heavy atom. The highest BCUT2D eigenvalue weighted by Crippen LogP contribution is 2.68. The van der Waals surface area contributed by atoms with Crippen molar-refractivity contribution in [1.82, 2.24) is 4.98 Å². The Morgan fingerprint density at radius 2 is 1.56 bits per heavy atom. The third-order valence-electron chi connectivity index (χ3n) is 8.33. The fourth-order valence-corrected chi connectivity index (χ4v) is 10.1. The van der Waals surface area contributed by atoms with Gasteiger partial charge in [-0.1, -0.05) is 53.8 Å². The molecule has 1 saturated heterocycles. The molecule has 7 rings (SSSR count). The Bertz CT molecular complexity index is 1470. The molecule has 3 fully saturated rings. The number of rotatable bonds is 2. The second kappa shape index (κ2) is 7.58. The minimum absolute atomic E-state index is 0.00577. The predicted octanol–water partition coefficient (Wildman–Crippen LogP) is 5.13. The van der Waals surface area contributed by atoms with E-state index < -0.39 is 35.4 Å². The van der Waals surface area contributed by atoms with Gasteiger partial charge in [-0.25, -0.2) is 4.90 Å². The molecule has 4 aliphatic rings. The first-order valence-electron chi connectivity index (χ1n) is 11.7. The molecule has 2 amide bonds. The van der Waals surface area contributed by atoms with E-state index >= 15 is 0 Å². The Kier molecular flexibility index (Phi) is 4.71. The van der Waals surface area contributed by atoms with Crippen LogP contribution in [0.1, 0.15) is 28.3 Å². The summed E-state index contributed by atoms with van der Waals surface area (Å²) >= 11 is 2.74. The van der Waals surface area contributed by atoms with E-state index in [2.05, 4.69) is 4.98 Å². The van der Waals surface area contributed by atoms with Crippen LogP contribution in [0.25, 0.3) is 0 Å². The number of imide groups is 1. The second-order valence-corrected chi connectivity index (χ2v) is 12.1. The standard InChI is InChI=1S/C26H19F3N2O3S2/c27-26(28,29)14-8-4-5-9-15(14)31-23(32)18-12-10-13(19(18)24(31)33)20-17(12)16(11-6-2-1-3-7-11)21-22(35-20)30-25(34)36-21/h1-9,12-13,16-20H,10H2,(H,30,34)/t12-,13-,16+,17+,18+,19+,20-/m1/s1. The number of carbonyl (C=O) groups excluding carboxylic acids is 2. The van der Waals surface area contributed by atoms with Gasteiger partial charge in [-0.2, -0.15) is 13.2 Å². The van der Waals surface area contributed by atoms with Crippen LogP contribution in [0.2, 0.25) is 0 Å². The van der Waals surface area contributed by atoms with Crippen molar-refractivity contribution in [3.8, 4) is 0 Å². The number of carbonyl (C=O) groups is 2. The topological polar surface area (TPSA) is 70.2 Å². The van der Waals surface area contributed by atoms with E-state index in [4.69, 9.17) is 0 Å². The van der Waals surface area contributed by atoms with Crippen LogP contribution in [0.15, 0.2) is 64.4 Å². The van der Waals surface area contributed by atoms with Gasteiger partial charge >= 0.3 is 11.0 Å². The van der Waals surface area contributed by atoms with Gasteiger partial charge < -0.3 is 4.98 Å². The van der Waals surface area contributed by atoms with Crippen LogP contribution in [0.3, 0.4) is 0 Å². The summed E-state index contributed by atoms with van der Waals surface area (Å²) < 4.78 is 41.3. The average molecular weight is 529 g/mol. The molecule has 7 atom stereocenters. The summed E-state index contributed by atoms with van der Waals surface area (Å²) in [4.78, 5) is 44.2. The summed E-state index contributed by atoms with van der Waals surface area (Å²) in [5, 5.41) is 0.800. The lowest BCUT2D eigenvalue weighted by molar-refractivity contribution is -0.137. The molecule has 3 heterocycles. The Morgan fingerprint density at radius 3 is 2.28 bits per heavy atom. The lowest BCUT2D eigenvalue weighted by atomic mass is 9.68. The van der Waals surface area contributed by atoms with Gasteiger partial charge in [-0.3, -0.25) is 14.4 Å². The van der Waals surface area contributed by atoms with Gasteiger partial charge in [0.05, 0.1) is 28.1 Å². The first-order chi connectivity index (χ1) is 17.3. The molecular weight excluding hydrogens is 509 g/mol. The van der Waals surface area contributed by atoms with Crippen LogP contribution in [-0.2, 0) is 15.8 Å². The zero-order valence-electron chi connectivity index (χ0n) is 18.6. The quantitative estimate of drug-likeness (QED) is 0.468. The number of hydrogen-bond donors (Lipinski definition) is 1. The fraction of sp³-hybridized carbons (Fsp3) is 0.346. The van der Waals surface area contributed by atoms with E-state index in [1.54, 1.807) is 11.8 Å². The van der Waals surface area contributed by atoms with Crippen LogP contribution in [0.5, 0.6) is 0 Å². The number of hydrogen-bond acceptors (Lipinski definition) is 5. The first kappa shape index (κ1) is 22.4. The molecular formula is C26H19F3N2O3S2. The fourth-order valence-electron chi connectivity index (χ4n) is 7.20. The number of aromatic amines is 1. The van der Waals surface area contributed by atoms with Crippen LogP contribution < -0.4 is 9.77 Å². The Balaban J connectivity index is 1.33. The minimum Gasteiger partial charge on any atom is -0.307 e. The van der Waals surface area contributed by atoms with Gasteiger partial charge in [0, 0.05) is 16.0 Å². The first-order valence-corrected chi connectivity index (χ1v) is 13.4. The molecule has 2 aliphatic heterocycles. The highest BCUT2D eigenvalue weighted by Gasteiger charge is 2.70. The summed E-state index contributed by atoms with van der Waals surface area (Å²) in [6.45, 7) is 0. The smallest absolute Gasteiger partial charge is 0.307 e. The minimum atomic E-state index is -4.68. The molecule has 2 aromatic carbocycles. The molecule has 1 aromatic heterocycles. The molecule has 36 heavy (non-hydrogen) atoms. The molecule has 2 aliphatic carbocycles. The second-order valence-electron chi connectivity index (χ2n) is 9.90. The summed E-state index contributed by atoms with van der Waals surface area (Å²) in [6, 6.07) is 14.6. The number of alkyl halides is 3. The van der Waals surface area contributed by atoms with Crippen molar-refractivity contribution in [1.29, 1.82) is 0 Å². The molecule has 0 radical (unpaired) electrons. The number of nitrogens with one attached hydrogen (secondary N) is 1. The molecule has 2 saturated carbocycles. The molecule has 0 spiro atoms. The summed E-state index contributed by atoms with van der Waals surface area (Å²) in [5.74, 6) is -2.73. The Hall–Kier alpha value is -2.85.